The second-order valence-corrected chi connectivity index (χ2v) is 8.33. The van der Waals surface area contributed by atoms with Gasteiger partial charge in [0.05, 0.1) is 30.7 Å². The maximum absolute atomic E-state index is 12.7. The number of carbonyl (C=O) groups excluding carboxylic acids is 1. The van der Waals surface area contributed by atoms with Gasteiger partial charge in [-0.3, -0.25) is 9.48 Å². The van der Waals surface area contributed by atoms with Crippen molar-refractivity contribution in [1.82, 2.24) is 24.9 Å². The van der Waals surface area contributed by atoms with Crippen molar-refractivity contribution in [3.8, 4) is 5.69 Å². The van der Waals surface area contributed by atoms with Crippen LogP contribution in [0, 0.1) is 0 Å². The van der Waals surface area contributed by atoms with E-state index in [1.165, 1.54) is 11.3 Å². The molecule has 0 radical (unpaired) electrons. The fraction of sp³-hybridized carbons (Fsp3) is 0.269. The number of aromatic nitrogens is 4. The molecule has 32 heavy (non-hydrogen) atoms. The molecule has 1 aliphatic carbocycles. The molecule has 4 aromatic rings. The van der Waals surface area contributed by atoms with E-state index in [0.29, 0.717) is 12.8 Å². The Morgan fingerprint density at radius 3 is 2.56 bits per heavy atom. The minimum Gasteiger partial charge on any atom is -0.349 e. The molecule has 1 amide bonds. The van der Waals surface area contributed by atoms with E-state index in [0.717, 1.165) is 42.6 Å². The molecule has 162 valence electrons. The summed E-state index contributed by atoms with van der Waals surface area (Å²) >= 11 is 0. The number of hydrogen-bond acceptors (Lipinski definition) is 3. The highest BCUT2D eigenvalue weighted by atomic mass is 16.1. The Kier molecular flexibility index (Phi) is 5.83. The van der Waals surface area contributed by atoms with Gasteiger partial charge in [0, 0.05) is 23.9 Å². The smallest absolute Gasteiger partial charge is 0.220 e. The molecule has 0 fully saturated rings. The Morgan fingerprint density at radius 1 is 0.969 bits per heavy atom. The zero-order valence-electron chi connectivity index (χ0n) is 18.0. The predicted octanol–water partition coefficient (Wildman–Crippen LogP) is 4.24. The highest BCUT2D eigenvalue weighted by molar-refractivity contribution is 5.76. The quantitative estimate of drug-likeness (QED) is 0.482. The second-order valence-electron chi connectivity index (χ2n) is 8.33. The molecule has 6 heteroatoms. The molecule has 0 saturated heterocycles. The zero-order valence-corrected chi connectivity index (χ0v) is 18.0. The van der Waals surface area contributed by atoms with E-state index in [-0.39, 0.29) is 11.9 Å². The number of nitrogens with one attached hydrogen (secondary N) is 1. The predicted molar refractivity (Wildman–Crippen MR) is 123 cm³/mol. The number of amides is 1. The molecule has 1 unspecified atom stereocenters. The van der Waals surface area contributed by atoms with E-state index >= 15 is 0 Å². The van der Waals surface area contributed by atoms with Gasteiger partial charge < -0.3 is 5.32 Å². The molecule has 0 aliphatic heterocycles. The number of aryl methyl sites for hydroxylation is 1. The van der Waals surface area contributed by atoms with Gasteiger partial charge >= 0.3 is 0 Å². The van der Waals surface area contributed by atoms with Crippen molar-refractivity contribution in [1.29, 1.82) is 0 Å². The van der Waals surface area contributed by atoms with Gasteiger partial charge in [0.2, 0.25) is 5.91 Å². The summed E-state index contributed by atoms with van der Waals surface area (Å²) in [6, 6.07) is 20.4. The average molecular weight is 426 g/mol. The van der Waals surface area contributed by atoms with Gasteiger partial charge in [-0.2, -0.15) is 10.2 Å². The molecule has 1 atom stereocenters. The summed E-state index contributed by atoms with van der Waals surface area (Å²) in [5.74, 6) is 0.0751. The maximum Gasteiger partial charge on any atom is 0.220 e. The van der Waals surface area contributed by atoms with Crippen molar-refractivity contribution >= 4 is 5.91 Å². The Morgan fingerprint density at radius 2 is 1.75 bits per heavy atom. The van der Waals surface area contributed by atoms with E-state index in [9.17, 15) is 4.79 Å². The van der Waals surface area contributed by atoms with Crippen molar-refractivity contribution in [2.75, 3.05) is 0 Å². The monoisotopic (exact) mass is 425 g/mol. The molecule has 1 N–H and O–H groups in total. The fourth-order valence-electron chi connectivity index (χ4n) is 4.40. The number of nitrogens with zero attached hydrogens (tertiary/aromatic N) is 4. The van der Waals surface area contributed by atoms with Crippen molar-refractivity contribution < 1.29 is 4.79 Å². The molecular formula is C26H27N5O. The summed E-state index contributed by atoms with van der Waals surface area (Å²) < 4.78 is 3.93. The van der Waals surface area contributed by atoms with Crippen molar-refractivity contribution in [2.24, 2.45) is 0 Å². The lowest BCUT2D eigenvalue weighted by Gasteiger charge is -2.24. The van der Waals surface area contributed by atoms with Crippen LogP contribution in [0.15, 0.2) is 79.3 Å². The summed E-state index contributed by atoms with van der Waals surface area (Å²) in [5, 5.41) is 12.3. The first-order chi connectivity index (χ1) is 15.8. The zero-order chi connectivity index (χ0) is 21.8. The molecule has 2 aromatic carbocycles. The van der Waals surface area contributed by atoms with Crippen LogP contribution in [0.4, 0.5) is 0 Å². The minimum absolute atomic E-state index is 0.0443. The number of benzene rings is 2. The molecule has 1 aliphatic rings. The van der Waals surface area contributed by atoms with E-state index in [2.05, 4.69) is 44.5 Å². The third-order valence-electron chi connectivity index (χ3n) is 6.07. The summed E-state index contributed by atoms with van der Waals surface area (Å²) in [6.07, 6.45) is 9.92. The Hall–Kier alpha value is -3.67. The lowest BCUT2D eigenvalue weighted by atomic mass is 9.92. The van der Waals surface area contributed by atoms with Crippen molar-refractivity contribution in [3.05, 3.63) is 102 Å². The largest absolute Gasteiger partial charge is 0.349 e. The number of carbonyl (C=O) groups is 1. The molecule has 0 bridgehead atoms. The number of hydrogen-bond donors (Lipinski definition) is 1. The molecule has 5 rings (SSSR count). The van der Waals surface area contributed by atoms with Crippen molar-refractivity contribution in [3.63, 3.8) is 0 Å². The first-order valence-electron chi connectivity index (χ1n) is 11.2. The van der Waals surface area contributed by atoms with Gasteiger partial charge in [-0.05, 0) is 48.9 Å². The van der Waals surface area contributed by atoms with Crippen LogP contribution in [0.5, 0.6) is 0 Å². The van der Waals surface area contributed by atoms with Crippen LogP contribution >= 0.6 is 0 Å². The molecule has 6 nitrogen and oxygen atoms in total. The van der Waals surface area contributed by atoms with Gasteiger partial charge in [-0.15, -0.1) is 0 Å². The lowest BCUT2D eigenvalue weighted by Crippen LogP contribution is -2.31. The minimum atomic E-state index is 0.0443. The van der Waals surface area contributed by atoms with Gasteiger partial charge in [-0.1, -0.05) is 48.5 Å². The van der Waals surface area contributed by atoms with Crippen LogP contribution in [0.3, 0.4) is 0 Å². The van der Waals surface area contributed by atoms with Crippen LogP contribution in [0.25, 0.3) is 5.69 Å². The third-order valence-corrected chi connectivity index (χ3v) is 6.07. The highest BCUT2D eigenvalue weighted by Crippen LogP contribution is 2.30. The van der Waals surface area contributed by atoms with E-state index in [1.54, 1.807) is 0 Å². The maximum atomic E-state index is 12.7. The Balaban J connectivity index is 1.19. The van der Waals surface area contributed by atoms with E-state index in [1.807, 2.05) is 59.7 Å². The topological polar surface area (TPSA) is 64.7 Å². The molecular weight excluding hydrogens is 398 g/mol. The van der Waals surface area contributed by atoms with Gasteiger partial charge in [0.15, 0.2) is 0 Å². The van der Waals surface area contributed by atoms with Gasteiger partial charge in [0.1, 0.15) is 0 Å². The van der Waals surface area contributed by atoms with E-state index < -0.39 is 0 Å². The molecule has 2 heterocycles. The van der Waals surface area contributed by atoms with E-state index in [4.69, 9.17) is 0 Å². The SMILES string of the molecule is O=C(CCc1cnn(-c2ccccc2)c1)NC1CCCc2c1cnn2Cc1ccccc1. The number of fused-ring (bicyclic) bond motifs is 1. The third kappa shape index (κ3) is 4.49. The molecule has 0 spiro atoms. The summed E-state index contributed by atoms with van der Waals surface area (Å²) in [5.41, 5.74) is 5.72. The summed E-state index contributed by atoms with van der Waals surface area (Å²) in [4.78, 5) is 12.7. The summed E-state index contributed by atoms with van der Waals surface area (Å²) in [6.45, 7) is 0.766. The first kappa shape index (κ1) is 20.2. The van der Waals surface area contributed by atoms with Crippen LogP contribution in [-0.2, 0) is 24.2 Å². The standard InChI is InChI=1S/C26H27N5O/c32-26(15-14-21-16-27-30(19-21)22-10-5-2-6-11-22)29-24-12-7-13-25-23(24)17-28-31(25)18-20-8-3-1-4-9-20/h1-6,8-11,16-17,19,24H,7,12-15,18H2,(H,29,32). The normalized spacial score (nSPS) is 15.3. The van der Waals surface area contributed by atoms with Gasteiger partial charge in [-0.25, -0.2) is 4.68 Å². The second kappa shape index (κ2) is 9.22. The fourth-order valence-corrected chi connectivity index (χ4v) is 4.40. The number of para-hydroxylation sites is 1. The van der Waals surface area contributed by atoms with Gasteiger partial charge in [0.25, 0.3) is 0 Å². The summed E-state index contributed by atoms with van der Waals surface area (Å²) in [7, 11) is 0. The van der Waals surface area contributed by atoms with Crippen molar-refractivity contribution in [2.45, 2.75) is 44.7 Å². The van der Waals surface area contributed by atoms with Crippen LogP contribution in [0.1, 0.15) is 47.7 Å². The Labute approximate surface area is 187 Å². The average Bonchev–Trinajstić information content (AvgIpc) is 3.47. The first-order valence-corrected chi connectivity index (χ1v) is 11.2. The molecule has 2 aromatic heterocycles. The van der Waals surface area contributed by atoms with Crippen LogP contribution in [0.2, 0.25) is 0 Å². The number of rotatable bonds is 7. The lowest BCUT2D eigenvalue weighted by molar-refractivity contribution is -0.121. The Bertz CT molecular complexity index is 1180. The van der Waals surface area contributed by atoms with Crippen LogP contribution in [-0.4, -0.2) is 25.5 Å². The molecule has 0 saturated carbocycles. The highest BCUT2D eigenvalue weighted by Gasteiger charge is 2.25. The van der Waals surface area contributed by atoms with Crippen LogP contribution < -0.4 is 5.32 Å².